The average molecular weight is 1590 g/mol. The number of nitrogens with one attached hydrogen (secondary N) is 5. The van der Waals surface area contributed by atoms with Gasteiger partial charge in [-0.2, -0.15) is 0 Å². The van der Waals surface area contributed by atoms with Gasteiger partial charge in [-0.3, -0.25) is 67.1 Å². The predicted octanol–water partition coefficient (Wildman–Crippen LogP) is 11.8. The van der Waals surface area contributed by atoms with Crippen molar-refractivity contribution in [2.45, 2.75) is 364 Å². The van der Waals surface area contributed by atoms with Gasteiger partial charge in [-0.1, -0.05) is 167 Å². The highest BCUT2D eigenvalue weighted by Gasteiger charge is 2.38. The van der Waals surface area contributed by atoms with Crippen molar-refractivity contribution >= 4 is 82.9 Å². The van der Waals surface area contributed by atoms with Gasteiger partial charge in [-0.15, -0.1) is 0 Å². The summed E-state index contributed by atoms with van der Waals surface area (Å²) in [5, 5.41) is 51.9. The number of carbonyl (C=O) groups excluding carboxylic acids is 10. The van der Waals surface area contributed by atoms with Crippen molar-refractivity contribution in [3.05, 3.63) is 0 Å². The molecule has 0 saturated carbocycles. The third-order valence-electron chi connectivity index (χ3n) is 20.3. The maximum absolute atomic E-state index is 15.4. The second-order valence-corrected chi connectivity index (χ2v) is 31.6. The van der Waals surface area contributed by atoms with Crippen LogP contribution in [0.1, 0.15) is 333 Å². The molecule has 0 aliphatic rings. The molecule has 0 aromatic carbocycles. The topological polar surface area (TPSA) is 396 Å². The van der Waals surface area contributed by atoms with Gasteiger partial charge in [0.15, 0.2) is 0 Å². The second-order valence-electron chi connectivity index (χ2n) is 31.6. The molecule has 0 rings (SSSR count). The number of nitrogens with zero attached hydrogens (tertiary/aromatic N) is 5. The molecule has 0 spiro atoms. The summed E-state index contributed by atoms with van der Waals surface area (Å²) >= 11 is 0. The Hall–Kier alpha value is -7.42. The minimum Gasteiger partial charge on any atom is -0.481 e. The zero-order chi connectivity index (χ0) is 84.3. The van der Waals surface area contributed by atoms with Crippen LogP contribution in [0.4, 0.5) is 0 Å². The molecule has 0 aromatic heterocycles. The van der Waals surface area contributed by atoms with E-state index >= 15 is 9.59 Å². The molecule has 0 aliphatic carbocycles. The first-order valence-electron chi connectivity index (χ1n) is 43.1. The Morgan fingerprint density at radius 1 is 0.232 bits per heavy atom. The summed E-state index contributed by atoms with van der Waals surface area (Å²) in [7, 11) is 0. The Kier molecular flexibility index (Phi) is 59.7. The van der Waals surface area contributed by atoms with Gasteiger partial charge >= 0.3 is 23.9 Å². The van der Waals surface area contributed by atoms with E-state index in [-0.39, 0.29) is 182 Å². The highest BCUT2D eigenvalue weighted by Crippen LogP contribution is 2.24. The third-order valence-corrected chi connectivity index (χ3v) is 20.3. The van der Waals surface area contributed by atoms with E-state index in [4.69, 9.17) is 10.2 Å². The number of carboxylic acid groups (broad SMARTS) is 4. The maximum Gasteiger partial charge on any atom is 0.303 e. The van der Waals surface area contributed by atoms with Crippen molar-refractivity contribution in [3.8, 4) is 0 Å². The number of hydrogen-bond donors (Lipinski definition) is 9. The summed E-state index contributed by atoms with van der Waals surface area (Å²) < 4.78 is 0. The second kappa shape index (κ2) is 63.9. The Labute approximate surface area is 671 Å². The molecule has 28 nitrogen and oxygen atoms in total. The van der Waals surface area contributed by atoms with E-state index in [1.165, 1.54) is 9.80 Å². The van der Waals surface area contributed by atoms with Gasteiger partial charge in [0.2, 0.25) is 59.1 Å². The smallest absolute Gasteiger partial charge is 0.303 e. The van der Waals surface area contributed by atoms with Gasteiger partial charge in [0.05, 0.1) is 0 Å². The first kappa shape index (κ1) is 105. The highest BCUT2D eigenvalue weighted by molar-refractivity contribution is 5.92. The van der Waals surface area contributed by atoms with Crippen molar-refractivity contribution < 1.29 is 87.5 Å². The van der Waals surface area contributed by atoms with Gasteiger partial charge in [0.25, 0.3) is 0 Å². The molecule has 112 heavy (non-hydrogen) atoms. The molecule has 0 heterocycles. The number of carbonyl (C=O) groups is 14. The van der Waals surface area contributed by atoms with Crippen LogP contribution in [0.2, 0.25) is 0 Å². The van der Waals surface area contributed by atoms with Crippen LogP contribution in [0.3, 0.4) is 0 Å². The molecule has 5 atom stereocenters. The average Bonchev–Trinajstić information content (AvgIpc) is 0.863. The zero-order valence-corrected chi connectivity index (χ0v) is 71.1. The van der Waals surface area contributed by atoms with Gasteiger partial charge in [0, 0.05) is 123 Å². The summed E-state index contributed by atoms with van der Waals surface area (Å²) in [6.45, 7) is 25.0. The third kappa shape index (κ3) is 46.7. The summed E-state index contributed by atoms with van der Waals surface area (Å²) in [4.78, 5) is 199. The van der Waals surface area contributed by atoms with E-state index < -0.39 is 83.6 Å². The van der Waals surface area contributed by atoms with E-state index in [1.807, 2.05) is 55.4 Å². The van der Waals surface area contributed by atoms with Crippen LogP contribution >= 0.6 is 0 Å². The molecule has 0 aromatic rings. The van der Waals surface area contributed by atoms with E-state index in [9.17, 15) is 67.7 Å². The van der Waals surface area contributed by atoms with Gasteiger partial charge < -0.3 is 71.5 Å². The molecule has 9 N–H and O–H groups in total. The molecule has 10 amide bonds. The molecule has 0 fully saturated rings. The highest BCUT2D eigenvalue weighted by atomic mass is 16.4. The zero-order valence-electron chi connectivity index (χ0n) is 71.1. The molecule has 5 unspecified atom stereocenters. The van der Waals surface area contributed by atoms with Crippen molar-refractivity contribution in [1.82, 2.24) is 51.1 Å². The molecule has 0 radical (unpaired) electrons. The number of carboxylic acids is 4. The molecule has 0 bridgehead atoms. The molecule has 646 valence electrons. The normalized spacial score (nSPS) is 12.7. The first-order chi connectivity index (χ1) is 53.3. The van der Waals surface area contributed by atoms with E-state index in [2.05, 4.69) is 40.4 Å². The van der Waals surface area contributed by atoms with Gasteiger partial charge in [-0.05, 0) is 133 Å². The lowest BCUT2D eigenvalue weighted by molar-refractivity contribution is -0.144. The molecular weight excluding hydrogens is 1440 g/mol. The molecule has 0 saturated heterocycles. The van der Waals surface area contributed by atoms with Crippen LogP contribution < -0.4 is 26.6 Å². The van der Waals surface area contributed by atoms with Crippen LogP contribution in [0, 0.1) is 23.7 Å². The maximum atomic E-state index is 15.4. The lowest BCUT2D eigenvalue weighted by atomic mass is 9.98. The number of aliphatic carboxylic acids is 4. The minimum atomic E-state index is -1.30. The number of amides is 10. The summed E-state index contributed by atoms with van der Waals surface area (Å²) in [5.41, 5.74) is 0. The monoisotopic (exact) mass is 1590 g/mol. The van der Waals surface area contributed by atoms with E-state index in [0.717, 1.165) is 64.2 Å². The number of hydrogen-bond acceptors (Lipinski definition) is 14. The van der Waals surface area contributed by atoms with Crippen molar-refractivity contribution in [3.63, 3.8) is 0 Å². The SMILES string of the molecule is CCCCCNC(=O)C(C(C)C)N(CCCCCC(=O)O)C(=O)CCCCCN(C(=O)CCCC(=O)N(CCCCC)C(C(=O)NCCCCC)C(C)C)C(CCCC(=O)N(CCCCC)C(C(=O)NCCCCCC(=O)O)C(C)C)C(=O)NCCC(=O)N(CCCCCC(=O)O)C(C(=O)NCCCCCC(=O)O)C(C)C. The fraction of sp³-hybridized carbons (Fsp3) is 0.833. The summed E-state index contributed by atoms with van der Waals surface area (Å²) in [5.74, 6) is -8.94. The molecule has 28 heteroatoms. The van der Waals surface area contributed by atoms with Crippen LogP contribution in [-0.2, 0) is 67.1 Å². The summed E-state index contributed by atoms with van der Waals surface area (Å²) in [6, 6.07) is -4.75. The van der Waals surface area contributed by atoms with E-state index in [1.54, 1.807) is 28.5 Å². The van der Waals surface area contributed by atoms with Crippen molar-refractivity contribution in [2.75, 3.05) is 65.4 Å². The van der Waals surface area contributed by atoms with Crippen LogP contribution in [0.15, 0.2) is 0 Å². The fourth-order valence-corrected chi connectivity index (χ4v) is 14.2. The Bertz CT molecular complexity index is 2750. The Balaban J connectivity index is 8.17. The van der Waals surface area contributed by atoms with Gasteiger partial charge in [-0.25, -0.2) is 0 Å². The quantitative estimate of drug-likeness (QED) is 0.0255. The van der Waals surface area contributed by atoms with Gasteiger partial charge in [0.1, 0.15) is 30.2 Å². The summed E-state index contributed by atoms with van der Waals surface area (Å²) in [6.07, 6.45) is 15.3. The van der Waals surface area contributed by atoms with Crippen molar-refractivity contribution in [1.29, 1.82) is 0 Å². The lowest BCUT2D eigenvalue weighted by Gasteiger charge is -2.35. The minimum absolute atomic E-state index is 0.00205. The first-order valence-corrected chi connectivity index (χ1v) is 43.1. The Morgan fingerprint density at radius 3 is 0.750 bits per heavy atom. The van der Waals surface area contributed by atoms with Crippen LogP contribution in [0.5, 0.6) is 0 Å². The lowest BCUT2D eigenvalue weighted by Crippen LogP contribution is -2.54. The standard InChI is InChI=1S/C84H152N10O18/c1-13-17-31-52-85-81(109)76(62(5)6)92(59-36-20-16-4)70(98)46-41-45-67(95)90(57-37-23-26-43-68(96)93(60-38-24-29-49-74(104)105)78(64(9)10)82(110)86-53-32-18-14-2)66(42-40-44-69(97)91(58-35-19-15-3)77(63(7)8)83(111)87-54-33-21-27-47-72(100)101)80(108)89-56-51-71(99)94(61-39-25-30-50-75(106)107)79(65(11)12)84(112)88-55-34-22-28-48-73(102)103/h62-66,76-79H,13-61H2,1-12H3,(H,85,109)(H,86,110)(H,87,111)(H,88,112)(H,89,108)(H,100,101)(H,102,103)(H,104,105)(H,106,107). The number of rotatable bonds is 71. The fourth-order valence-electron chi connectivity index (χ4n) is 14.2. The van der Waals surface area contributed by atoms with E-state index in [0.29, 0.717) is 122 Å². The van der Waals surface area contributed by atoms with Crippen LogP contribution in [-0.4, -0.2) is 224 Å². The largest absolute Gasteiger partial charge is 0.481 e. The number of unbranched alkanes of at least 4 members (excludes halogenated alkanes) is 18. The van der Waals surface area contributed by atoms with Crippen molar-refractivity contribution in [2.24, 2.45) is 23.7 Å². The molecule has 0 aliphatic heterocycles. The van der Waals surface area contributed by atoms with Crippen LogP contribution in [0.25, 0.3) is 0 Å². The Morgan fingerprint density at radius 2 is 0.455 bits per heavy atom. The molecular formula is C84H152N10O18. The predicted molar refractivity (Wildman–Crippen MR) is 435 cm³/mol.